The number of hydrogen-bond donors (Lipinski definition) is 3. The van der Waals surface area contributed by atoms with Crippen LogP contribution >= 0.6 is 11.5 Å². The molecule has 0 aliphatic rings. The molecule has 0 saturated carbocycles. The lowest BCUT2D eigenvalue weighted by Gasteiger charge is -2.06. The Labute approximate surface area is 119 Å². The first-order chi connectivity index (χ1) is 9.65. The molecule has 8 heteroatoms. The molecule has 1 aromatic carbocycles. The summed E-state index contributed by atoms with van der Waals surface area (Å²) >= 11 is 1.05. The number of amidine groups is 1. The summed E-state index contributed by atoms with van der Waals surface area (Å²) in [6.07, 6.45) is 0.642. The van der Waals surface area contributed by atoms with Gasteiger partial charge in [-0.05, 0) is 30.1 Å². The predicted octanol–water partition coefficient (Wildman–Crippen LogP) is 1.45. The molecular formula is C12H13N5O2S. The lowest BCUT2D eigenvalue weighted by atomic mass is 10.2. The van der Waals surface area contributed by atoms with Gasteiger partial charge in [0.25, 0.3) is 5.91 Å². The van der Waals surface area contributed by atoms with Gasteiger partial charge in [-0.3, -0.25) is 4.79 Å². The predicted molar refractivity (Wildman–Crippen MR) is 76.2 cm³/mol. The number of anilines is 1. The van der Waals surface area contributed by atoms with Crippen LogP contribution in [0.2, 0.25) is 0 Å². The number of carbonyl (C=O) groups excluding carboxylic acids is 1. The fourth-order valence-corrected chi connectivity index (χ4v) is 2.26. The van der Waals surface area contributed by atoms with Crippen molar-refractivity contribution in [2.24, 2.45) is 10.9 Å². The lowest BCUT2D eigenvalue weighted by molar-refractivity contribution is 0.102. The molecule has 0 aliphatic heterocycles. The van der Waals surface area contributed by atoms with Crippen molar-refractivity contribution in [1.82, 2.24) is 9.59 Å². The Morgan fingerprint density at radius 3 is 3.05 bits per heavy atom. The summed E-state index contributed by atoms with van der Waals surface area (Å²) in [5, 5.41) is 18.2. The van der Waals surface area contributed by atoms with Crippen LogP contribution in [0.25, 0.3) is 0 Å². The van der Waals surface area contributed by atoms with Gasteiger partial charge in [0, 0.05) is 11.3 Å². The standard InChI is InChI=1S/C12H13N5O2S/c1-2-9-10(20-17-15-9)12(18)14-8-5-3-4-7(6-8)11(13)16-19/h3-6,19H,2H2,1H3,(H2,13,16)(H,14,18). The van der Waals surface area contributed by atoms with Crippen LogP contribution in [0.3, 0.4) is 0 Å². The summed E-state index contributed by atoms with van der Waals surface area (Å²) in [5.74, 6) is -0.289. The second-order valence-corrected chi connectivity index (χ2v) is 4.68. The van der Waals surface area contributed by atoms with Crippen LogP contribution in [-0.4, -0.2) is 26.5 Å². The Balaban J connectivity index is 2.20. The molecule has 2 rings (SSSR count). The Bertz CT molecular complexity index is 653. The smallest absolute Gasteiger partial charge is 0.269 e. The van der Waals surface area contributed by atoms with Gasteiger partial charge in [-0.1, -0.05) is 28.7 Å². The van der Waals surface area contributed by atoms with E-state index in [4.69, 9.17) is 10.9 Å². The molecule has 0 atom stereocenters. The molecule has 104 valence electrons. The van der Waals surface area contributed by atoms with E-state index >= 15 is 0 Å². The first kappa shape index (κ1) is 13.9. The number of nitrogens with one attached hydrogen (secondary N) is 1. The number of carbonyl (C=O) groups is 1. The fourth-order valence-electron chi connectivity index (χ4n) is 1.61. The van der Waals surface area contributed by atoms with Gasteiger partial charge in [-0.25, -0.2) is 0 Å². The average molecular weight is 291 g/mol. The van der Waals surface area contributed by atoms with Crippen LogP contribution in [0, 0.1) is 0 Å². The Hall–Kier alpha value is -2.48. The van der Waals surface area contributed by atoms with E-state index in [1.807, 2.05) is 6.92 Å². The number of benzene rings is 1. The van der Waals surface area contributed by atoms with Crippen molar-refractivity contribution >= 4 is 29.0 Å². The molecule has 20 heavy (non-hydrogen) atoms. The zero-order valence-corrected chi connectivity index (χ0v) is 11.5. The highest BCUT2D eigenvalue weighted by Crippen LogP contribution is 2.16. The van der Waals surface area contributed by atoms with Crippen LogP contribution < -0.4 is 11.1 Å². The van der Waals surface area contributed by atoms with Gasteiger partial charge in [0.1, 0.15) is 4.88 Å². The number of rotatable bonds is 4. The summed E-state index contributed by atoms with van der Waals surface area (Å²) in [6, 6.07) is 6.71. The van der Waals surface area contributed by atoms with E-state index < -0.39 is 0 Å². The second kappa shape index (κ2) is 6.11. The molecule has 0 bridgehead atoms. The van der Waals surface area contributed by atoms with E-state index in [2.05, 4.69) is 20.1 Å². The molecule has 1 aromatic heterocycles. The van der Waals surface area contributed by atoms with Crippen LogP contribution in [0.1, 0.15) is 27.9 Å². The van der Waals surface area contributed by atoms with Crippen molar-refractivity contribution in [2.45, 2.75) is 13.3 Å². The number of aryl methyl sites for hydroxylation is 1. The van der Waals surface area contributed by atoms with Crippen molar-refractivity contribution in [2.75, 3.05) is 5.32 Å². The SMILES string of the molecule is CCc1nnsc1C(=O)Nc1cccc(C(N)=NO)c1. The molecule has 1 amide bonds. The largest absolute Gasteiger partial charge is 0.409 e. The minimum Gasteiger partial charge on any atom is -0.409 e. The average Bonchev–Trinajstić information content (AvgIpc) is 2.95. The van der Waals surface area contributed by atoms with E-state index in [1.54, 1.807) is 24.3 Å². The van der Waals surface area contributed by atoms with E-state index in [0.717, 1.165) is 11.5 Å². The van der Waals surface area contributed by atoms with Crippen molar-refractivity contribution in [3.63, 3.8) is 0 Å². The summed E-state index contributed by atoms with van der Waals surface area (Å²) in [5.41, 5.74) is 7.24. The molecule has 0 aliphatic carbocycles. The van der Waals surface area contributed by atoms with Gasteiger partial charge in [0.05, 0.1) is 5.69 Å². The number of nitrogens with zero attached hydrogens (tertiary/aromatic N) is 3. The van der Waals surface area contributed by atoms with Crippen molar-refractivity contribution in [3.8, 4) is 0 Å². The highest BCUT2D eigenvalue weighted by Gasteiger charge is 2.15. The van der Waals surface area contributed by atoms with Crippen molar-refractivity contribution in [1.29, 1.82) is 0 Å². The van der Waals surface area contributed by atoms with Gasteiger partial charge < -0.3 is 16.3 Å². The van der Waals surface area contributed by atoms with Crippen LogP contribution in [0.4, 0.5) is 5.69 Å². The topological polar surface area (TPSA) is 113 Å². The lowest BCUT2D eigenvalue weighted by Crippen LogP contribution is -2.15. The van der Waals surface area contributed by atoms with Crippen LogP contribution in [0.5, 0.6) is 0 Å². The Morgan fingerprint density at radius 1 is 1.55 bits per heavy atom. The van der Waals surface area contributed by atoms with E-state index in [0.29, 0.717) is 28.2 Å². The summed E-state index contributed by atoms with van der Waals surface area (Å²) in [6.45, 7) is 1.91. The Kier molecular flexibility index (Phi) is 4.26. The van der Waals surface area contributed by atoms with E-state index in [9.17, 15) is 4.79 Å². The van der Waals surface area contributed by atoms with Crippen LogP contribution in [0.15, 0.2) is 29.4 Å². The number of amides is 1. The van der Waals surface area contributed by atoms with E-state index in [-0.39, 0.29) is 11.7 Å². The maximum Gasteiger partial charge on any atom is 0.269 e. The molecule has 0 radical (unpaired) electrons. The van der Waals surface area contributed by atoms with Crippen molar-refractivity contribution < 1.29 is 10.0 Å². The monoisotopic (exact) mass is 291 g/mol. The van der Waals surface area contributed by atoms with Gasteiger partial charge in [-0.15, -0.1) is 5.10 Å². The third-order valence-corrected chi connectivity index (χ3v) is 3.39. The first-order valence-corrected chi connectivity index (χ1v) is 6.63. The summed E-state index contributed by atoms with van der Waals surface area (Å²) in [7, 11) is 0. The molecule has 0 spiro atoms. The minimum atomic E-state index is -0.270. The third kappa shape index (κ3) is 2.91. The fraction of sp³-hybridized carbons (Fsp3) is 0.167. The zero-order chi connectivity index (χ0) is 14.5. The molecule has 0 unspecified atom stereocenters. The van der Waals surface area contributed by atoms with Gasteiger partial charge in [-0.2, -0.15) is 0 Å². The number of aromatic nitrogens is 2. The number of nitrogens with two attached hydrogens (primary N) is 1. The van der Waals surface area contributed by atoms with Gasteiger partial charge >= 0.3 is 0 Å². The first-order valence-electron chi connectivity index (χ1n) is 5.86. The molecule has 4 N–H and O–H groups in total. The maximum atomic E-state index is 12.1. The zero-order valence-electron chi connectivity index (χ0n) is 10.7. The summed E-state index contributed by atoms with van der Waals surface area (Å²) < 4.78 is 3.77. The molecule has 0 fully saturated rings. The molecule has 7 nitrogen and oxygen atoms in total. The highest BCUT2D eigenvalue weighted by atomic mass is 32.1. The highest BCUT2D eigenvalue weighted by molar-refractivity contribution is 7.08. The van der Waals surface area contributed by atoms with Gasteiger partial charge in [0.2, 0.25) is 0 Å². The quantitative estimate of drug-likeness (QED) is 0.341. The molecule has 1 heterocycles. The van der Waals surface area contributed by atoms with Gasteiger partial charge in [0.15, 0.2) is 5.84 Å². The van der Waals surface area contributed by atoms with Crippen LogP contribution in [-0.2, 0) is 6.42 Å². The molecular weight excluding hydrogens is 278 g/mol. The summed E-state index contributed by atoms with van der Waals surface area (Å²) in [4.78, 5) is 12.6. The molecule has 0 saturated heterocycles. The second-order valence-electron chi connectivity index (χ2n) is 3.92. The normalized spacial score (nSPS) is 11.3. The maximum absolute atomic E-state index is 12.1. The van der Waals surface area contributed by atoms with Crippen molar-refractivity contribution in [3.05, 3.63) is 40.4 Å². The Morgan fingerprint density at radius 2 is 2.35 bits per heavy atom. The van der Waals surface area contributed by atoms with E-state index in [1.165, 1.54) is 0 Å². The molecule has 2 aromatic rings. The third-order valence-electron chi connectivity index (χ3n) is 2.62. The number of hydrogen-bond acceptors (Lipinski definition) is 6. The minimum absolute atomic E-state index is 0.0187. The number of oxime groups is 1.